The highest BCUT2D eigenvalue weighted by Gasteiger charge is 2.33. The molecule has 3 aromatic rings. The number of likely N-dealkylation sites (tertiary alicyclic amines) is 1. The fourth-order valence-electron chi connectivity index (χ4n) is 7.74. The Bertz CT molecular complexity index is 1500. The first kappa shape index (κ1) is 26.5. The first-order valence-electron chi connectivity index (χ1n) is 15.5. The molecule has 1 saturated carbocycles. The number of morpholine rings is 1. The van der Waals surface area contributed by atoms with E-state index in [0.717, 1.165) is 68.9 Å². The lowest BCUT2D eigenvalue weighted by atomic mass is 9.81. The normalized spacial score (nSPS) is 20.8. The molecule has 7 rings (SSSR count). The fraction of sp³-hybridized carbons (Fsp3) is 0.471. The number of benzene rings is 2. The Morgan fingerprint density at radius 3 is 2.39 bits per heavy atom. The zero-order valence-electron chi connectivity index (χ0n) is 23.8. The van der Waals surface area contributed by atoms with E-state index in [4.69, 9.17) is 10.5 Å². The van der Waals surface area contributed by atoms with Crippen LogP contribution in [0.5, 0.6) is 0 Å². The number of ether oxygens (including phenoxy) is 1. The molecule has 0 radical (unpaired) electrons. The van der Waals surface area contributed by atoms with Crippen LogP contribution >= 0.6 is 0 Å². The number of primary amides is 1. The van der Waals surface area contributed by atoms with Crippen LogP contribution < -0.4 is 5.73 Å². The molecule has 214 valence electrons. The highest BCUT2D eigenvalue weighted by Crippen LogP contribution is 2.46. The number of nitrogens with two attached hydrogens (primary N) is 1. The summed E-state index contributed by atoms with van der Waals surface area (Å²) in [5.74, 6) is 0.164. The van der Waals surface area contributed by atoms with E-state index in [-0.39, 0.29) is 5.91 Å². The molecule has 1 aliphatic carbocycles. The maximum atomic E-state index is 14.2. The zero-order chi connectivity index (χ0) is 27.9. The van der Waals surface area contributed by atoms with E-state index in [0.29, 0.717) is 24.1 Å². The van der Waals surface area contributed by atoms with E-state index < -0.39 is 5.91 Å². The highest BCUT2D eigenvalue weighted by atomic mass is 16.5. The van der Waals surface area contributed by atoms with Crippen molar-refractivity contribution in [3.8, 4) is 11.3 Å². The minimum absolute atomic E-state index is 0.125. The van der Waals surface area contributed by atoms with Crippen molar-refractivity contribution in [1.82, 2.24) is 14.4 Å². The summed E-state index contributed by atoms with van der Waals surface area (Å²) >= 11 is 0. The summed E-state index contributed by atoms with van der Waals surface area (Å²) in [5, 5.41) is 1.19. The second-order valence-electron chi connectivity index (χ2n) is 12.2. The van der Waals surface area contributed by atoms with Gasteiger partial charge in [0.25, 0.3) is 5.91 Å². The van der Waals surface area contributed by atoms with Crippen LogP contribution in [0.15, 0.2) is 48.0 Å². The van der Waals surface area contributed by atoms with Crippen LogP contribution in [-0.4, -0.2) is 71.6 Å². The number of fused-ring (bicyclic) bond motifs is 5. The number of carbonyl (C=O) groups excluding carboxylic acids is 2. The zero-order valence-corrected chi connectivity index (χ0v) is 23.8. The van der Waals surface area contributed by atoms with Crippen molar-refractivity contribution in [3.63, 3.8) is 0 Å². The van der Waals surface area contributed by atoms with Crippen molar-refractivity contribution in [3.05, 3.63) is 64.7 Å². The molecule has 41 heavy (non-hydrogen) atoms. The van der Waals surface area contributed by atoms with Crippen molar-refractivity contribution in [1.29, 1.82) is 0 Å². The Morgan fingerprint density at radius 2 is 1.63 bits per heavy atom. The lowest BCUT2D eigenvalue weighted by Crippen LogP contribution is -2.50. The molecule has 4 aliphatic rings. The molecule has 7 heteroatoms. The van der Waals surface area contributed by atoms with Gasteiger partial charge in [-0.05, 0) is 60.9 Å². The van der Waals surface area contributed by atoms with Crippen LogP contribution in [-0.2, 0) is 16.1 Å². The van der Waals surface area contributed by atoms with E-state index in [1.165, 1.54) is 54.3 Å². The van der Waals surface area contributed by atoms with Gasteiger partial charge in [-0.2, -0.15) is 0 Å². The molecule has 2 aromatic carbocycles. The summed E-state index contributed by atoms with van der Waals surface area (Å²) in [7, 11) is 0. The third-order valence-electron chi connectivity index (χ3n) is 9.86. The van der Waals surface area contributed by atoms with Crippen LogP contribution in [0.4, 0.5) is 0 Å². The van der Waals surface area contributed by atoms with E-state index in [1.54, 1.807) is 0 Å². The van der Waals surface area contributed by atoms with Crippen molar-refractivity contribution in [2.24, 2.45) is 5.73 Å². The molecule has 2 saturated heterocycles. The van der Waals surface area contributed by atoms with Gasteiger partial charge >= 0.3 is 0 Å². The van der Waals surface area contributed by atoms with Gasteiger partial charge in [0, 0.05) is 59.8 Å². The smallest absolute Gasteiger partial charge is 0.251 e. The molecule has 2 amide bonds. The molecule has 0 atom stereocenters. The van der Waals surface area contributed by atoms with Gasteiger partial charge in [0.05, 0.1) is 25.5 Å². The summed E-state index contributed by atoms with van der Waals surface area (Å²) in [4.78, 5) is 31.0. The van der Waals surface area contributed by atoms with Gasteiger partial charge in [0.15, 0.2) is 0 Å². The maximum absolute atomic E-state index is 14.2. The van der Waals surface area contributed by atoms with Gasteiger partial charge in [-0.15, -0.1) is 0 Å². The number of amides is 2. The van der Waals surface area contributed by atoms with Crippen molar-refractivity contribution >= 4 is 28.8 Å². The van der Waals surface area contributed by atoms with Gasteiger partial charge in [-0.1, -0.05) is 49.6 Å². The van der Waals surface area contributed by atoms with Crippen LogP contribution in [0.3, 0.4) is 0 Å². The van der Waals surface area contributed by atoms with E-state index in [2.05, 4.69) is 50.8 Å². The predicted octanol–water partition coefficient (Wildman–Crippen LogP) is 5.18. The Morgan fingerprint density at radius 1 is 0.878 bits per heavy atom. The fourth-order valence-corrected chi connectivity index (χ4v) is 7.74. The van der Waals surface area contributed by atoms with E-state index >= 15 is 0 Å². The van der Waals surface area contributed by atoms with Crippen molar-refractivity contribution in [2.45, 2.75) is 63.5 Å². The first-order chi connectivity index (χ1) is 20.1. The molecule has 7 nitrogen and oxygen atoms in total. The molecule has 4 heterocycles. The van der Waals surface area contributed by atoms with Gasteiger partial charge in [-0.3, -0.25) is 14.5 Å². The molecule has 2 N–H and O–H groups in total. The minimum Gasteiger partial charge on any atom is -0.379 e. The number of hydrogen-bond donors (Lipinski definition) is 1. The van der Waals surface area contributed by atoms with Crippen LogP contribution in [0.1, 0.15) is 72.3 Å². The Balaban J connectivity index is 1.28. The first-order valence-corrected chi connectivity index (χ1v) is 15.5. The van der Waals surface area contributed by atoms with Crippen molar-refractivity contribution in [2.75, 3.05) is 39.4 Å². The van der Waals surface area contributed by atoms with Gasteiger partial charge in [-0.25, -0.2) is 0 Å². The van der Waals surface area contributed by atoms with E-state index in [9.17, 15) is 9.59 Å². The Kier molecular flexibility index (Phi) is 7.17. The molecule has 3 fully saturated rings. The number of nitrogens with zero attached hydrogens (tertiary/aromatic N) is 3. The second-order valence-corrected chi connectivity index (χ2v) is 12.2. The summed E-state index contributed by atoms with van der Waals surface area (Å²) in [6, 6.07) is 14.9. The average molecular weight is 553 g/mol. The topological polar surface area (TPSA) is 80.8 Å². The molecular weight excluding hydrogens is 512 g/mol. The monoisotopic (exact) mass is 552 g/mol. The number of hydrogen-bond acceptors (Lipinski definition) is 4. The maximum Gasteiger partial charge on any atom is 0.251 e. The third-order valence-corrected chi connectivity index (χ3v) is 9.86. The number of rotatable bonds is 4. The summed E-state index contributed by atoms with van der Waals surface area (Å²) in [5.41, 5.74) is 12.9. The van der Waals surface area contributed by atoms with Crippen molar-refractivity contribution < 1.29 is 14.3 Å². The summed E-state index contributed by atoms with van der Waals surface area (Å²) < 4.78 is 7.86. The number of aromatic nitrogens is 1. The number of carbonyl (C=O) groups is 2. The Labute approximate surface area is 241 Å². The quantitative estimate of drug-likeness (QED) is 0.484. The molecular formula is C34H40N4O3. The molecule has 0 bridgehead atoms. The van der Waals surface area contributed by atoms with Crippen LogP contribution in [0, 0.1) is 0 Å². The molecule has 3 aliphatic heterocycles. The largest absolute Gasteiger partial charge is 0.379 e. The number of piperidine rings is 1. The SMILES string of the molecule is NC(=O)c1ccc2c(C3CCCCC3)c3n(c2c1)CC(C(=O)N1CCC(N2CCOCC2)CC1)=Cc1ccccc1-3. The predicted molar refractivity (Wildman–Crippen MR) is 162 cm³/mol. The average Bonchev–Trinajstić information content (AvgIpc) is 3.24. The highest BCUT2D eigenvalue weighted by molar-refractivity contribution is 6.04. The lowest BCUT2D eigenvalue weighted by Gasteiger charge is -2.40. The standard InChI is InChI=1S/C34H40N4O3/c35-33(39)25-10-11-29-30(21-25)38-22-26(34(40)37-14-12-27(13-15-37)36-16-18-41-19-17-36)20-24-8-4-5-9-28(24)32(38)31(29)23-6-2-1-3-7-23/h4-5,8-11,20-21,23,27H,1-3,6-7,12-19,22H2,(H2,35,39). The summed E-state index contributed by atoms with van der Waals surface area (Å²) in [6.07, 6.45) is 10.2. The minimum atomic E-state index is -0.425. The van der Waals surface area contributed by atoms with Crippen LogP contribution in [0.2, 0.25) is 0 Å². The van der Waals surface area contributed by atoms with Gasteiger partial charge in [0.2, 0.25) is 5.91 Å². The second kappa shape index (κ2) is 11.1. The van der Waals surface area contributed by atoms with Gasteiger partial charge in [0.1, 0.15) is 0 Å². The molecule has 0 spiro atoms. The van der Waals surface area contributed by atoms with Crippen LogP contribution in [0.25, 0.3) is 28.2 Å². The van der Waals surface area contributed by atoms with Gasteiger partial charge < -0.3 is 19.9 Å². The van der Waals surface area contributed by atoms with E-state index in [1.807, 2.05) is 12.1 Å². The Hall–Kier alpha value is -3.42. The molecule has 0 unspecified atom stereocenters. The third kappa shape index (κ3) is 4.89. The summed E-state index contributed by atoms with van der Waals surface area (Å²) in [6.45, 7) is 5.62. The molecule has 1 aromatic heterocycles. The lowest BCUT2D eigenvalue weighted by molar-refractivity contribution is -0.129.